The van der Waals surface area contributed by atoms with Gasteiger partial charge in [-0.25, -0.2) is 0 Å². The van der Waals surface area contributed by atoms with E-state index in [1.165, 1.54) is 0 Å². The van der Waals surface area contributed by atoms with Crippen LogP contribution in [0.4, 0.5) is 0 Å². The molecule has 1 aliphatic heterocycles. The number of carbonyl (C=O) groups is 1. The predicted octanol–water partition coefficient (Wildman–Crippen LogP) is 2.57. The summed E-state index contributed by atoms with van der Waals surface area (Å²) < 4.78 is 5.38. The summed E-state index contributed by atoms with van der Waals surface area (Å²) in [7, 11) is 0. The molecule has 0 aromatic heterocycles. The molecule has 2 rings (SSSR count). The van der Waals surface area contributed by atoms with Crippen molar-refractivity contribution in [1.29, 1.82) is 0 Å². The molecule has 0 radical (unpaired) electrons. The van der Waals surface area contributed by atoms with E-state index < -0.39 is 0 Å². The van der Waals surface area contributed by atoms with Crippen molar-refractivity contribution in [3.8, 4) is 0 Å². The van der Waals surface area contributed by atoms with E-state index in [-0.39, 0.29) is 5.78 Å². The highest BCUT2D eigenvalue weighted by Gasteiger charge is 2.13. The van der Waals surface area contributed by atoms with Crippen LogP contribution in [0.3, 0.4) is 0 Å². The maximum Gasteiger partial charge on any atom is 0.159 e. The van der Waals surface area contributed by atoms with Gasteiger partial charge in [-0.05, 0) is 24.6 Å². The first-order valence-corrected chi connectivity index (χ1v) is 4.87. The lowest BCUT2D eigenvalue weighted by Gasteiger charge is -1.97. The molecule has 0 fully saturated rings. The van der Waals surface area contributed by atoms with Gasteiger partial charge in [-0.1, -0.05) is 30.3 Å². The van der Waals surface area contributed by atoms with Gasteiger partial charge in [0.1, 0.15) is 12.4 Å². The van der Waals surface area contributed by atoms with Gasteiger partial charge in [0.25, 0.3) is 0 Å². The SMILES string of the molecule is CC(=O)C1=CC(=Cc2ccccc2)OC1. The third-order valence-corrected chi connectivity index (χ3v) is 2.27. The smallest absolute Gasteiger partial charge is 0.159 e. The van der Waals surface area contributed by atoms with E-state index in [1.807, 2.05) is 36.4 Å². The van der Waals surface area contributed by atoms with Gasteiger partial charge in [-0.2, -0.15) is 0 Å². The number of ether oxygens (including phenoxy) is 1. The first kappa shape index (κ1) is 9.71. The molecule has 15 heavy (non-hydrogen) atoms. The molecular formula is C13H12O2. The average molecular weight is 200 g/mol. The Bertz CT molecular complexity index is 427. The number of Topliss-reactive ketones (excluding diaryl/α,β-unsaturated/α-hetero) is 1. The lowest BCUT2D eigenvalue weighted by atomic mass is 10.1. The molecule has 0 amide bonds. The van der Waals surface area contributed by atoms with Gasteiger partial charge in [0, 0.05) is 5.57 Å². The lowest BCUT2D eigenvalue weighted by molar-refractivity contribution is -0.113. The van der Waals surface area contributed by atoms with Crippen LogP contribution in [-0.4, -0.2) is 12.4 Å². The summed E-state index contributed by atoms with van der Waals surface area (Å²) in [6.07, 6.45) is 3.73. The van der Waals surface area contributed by atoms with Crippen molar-refractivity contribution >= 4 is 11.9 Å². The molecule has 0 saturated heterocycles. The van der Waals surface area contributed by atoms with Gasteiger partial charge in [0.2, 0.25) is 0 Å². The van der Waals surface area contributed by atoms with E-state index in [4.69, 9.17) is 4.74 Å². The van der Waals surface area contributed by atoms with Crippen molar-refractivity contribution < 1.29 is 9.53 Å². The second-order valence-corrected chi connectivity index (χ2v) is 3.47. The van der Waals surface area contributed by atoms with Gasteiger partial charge in [-0.3, -0.25) is 4.79 Å². The summed E-state index contributed by atoms with van der Waals surface area (Å²) in [5, 5.41) is 0. The first-order chi connectivity index (χ1) is 7.25. The molecule has 76 valence electrons. The molecule has 1 aliphatic rings. The van der Waals surface area contributed by atoms with Gasteiger partial charge in [0.15, 0.2) is 5.78 Å². The third kappa shape index (κ3) is 2.34. The van der Waals surface area contributed by atoms with Crippen molar-refractivity contribution in [2.24, 2.45) is 0 Å². The standard InChI is InChI=1S/C13H12O2/c1-10(14)12-8-13(15-9-12)7-11-5-3-2-4-6-11/h2-8H,9H2,1H3. The molecule has 0 atom stereocenters. The Morgan fingerprint density at radius 1 is 1.33 bits per heavy atom. The van der Waals surface area contributed by atoms with Crippen LogP contribution >= 0.6 is 0 Å². The van der Waals surface area contributed by atoms with E-state index in [9.17, 15) is 4.79 Å². The molecule has 0 unspecified atom stereocenters. The van der Waals surface area contributed by atoms with Gasteiger partial charge < -0.3 is 4.74 Å². The van der Waals surface area contributed by atoms with Crippen LogP contribution < -0.4 is 0 Å². The minimum atomic E-state index is 0.0754. The van der Waals surface area contributed by atoms with E-state index in [2.05, 4.69) is 0 Å². The van der Waals surface area contributed by atoms with Crippen molar-refractivity contribution in [3.63, 3.8) is 0 Å². The van der Waals surface area contributed by atoms with Gasteiger partial charge in [-0.15, -0.1) is 0 Å². The van der Waals surface area contributed by atoms with Crippen LogP contribution in [0.15, 0.2) is 47.7 Å². The second-order valence-electron chi connectivity index (χ2n) is 3.47. The Kier molecular flexibility index (Phi) is 2.68. The summed E-state index contributed by atoms with van der Waals surface area (Å²) in [6.45, 7) is 1.95. The summed E-state index contributed by atoms with van der Waals surface area (Å²) in [4.78, 5) is 11.1. The van der Waals surface area contributed by atoms with Crippen LogP contribution in [0.5, 0.6) is 0 Å². The molecule has 0 saturated carbocycles. The van der Waals surface area contributed by atoms with Crippen molar-refractivity contribution in [3.05, 3.63) is 53.3 Å². The van der Waals surface area contributed by atoms with Crippen LogP contribution in [0.25, 0.3) is 6.08 Å². The Balaban J connectivity index is 2.21. The number of allylic oxidation sites excluding steroid dienone is 1. The monoisotopic (exact) mass is 200 g/mol. The molecule has 0 aliphatic carbocycles. The normalized spacial score (nSPS) is 17.4. The molecule has 0 N–H and O–H groups in total. The topological polar surface area (TPSA) is 26.3 Å². The highest BCUT2D eigenvalue weighted by atomic mass is 16.5. The van der Waals surface area contributed by atoms with Crippen LogP contribution in [0.2, 0.25) is 0 Å². The number of benzene rings is 1. The molecule has 0 spiro atoms. The Labute approximate surface area is 88.9 Å². The second kappa shape index (κ2) is 4.13. The summed E-state index contributed by atoms with van der Waals surface area (Å²) in [5.74, 6) is 0.831. The van der Waals surface area contributed by atoms with Crippen LogP contribution in [-0.2, 0) is 9.53 Å². The fourth-order valence-corrected chi connectivity index (χ4v) is 1.42. The predicted molar refractivity (Wildman–Crippen MR) is 59.1 cm³/mol. The summed E-state index contributed by atoms with van der Waals surface area (Å²) in [5.41, 5.74) is 1.81. The molecular weight excluding hydrogens is 188 g/mol. The Hall–Kier alpha value is -1.83. The first-order valence-electron chi connectivity index (χ1n) is 4.87. The molecule has 0 bridgehead atoms. The van der Waals surface area contributed by atoms with Crippen LogP contribution in [0, 0.1) is 0 Å². The van der Waals surface area contributed by atoms with E-state index >= 15 is 0 Å². The number of hydrogen-bond acceptors (Lipinski definition) is 2. The van der Waals surface area contributed by atoms with Gasteiger partial charge >= 0.3 is 0 Å². The van der Waals surface area contributed by atoms with E-state index in [1.54, 1.807) is 13.0 Å². The highest BCUT2D eigenvalue weighted by Crippen LogP contribution is 2.18. The third-order valence-electron chi connectivity index (χ3n) is 2.27. The molecule has 2 heteroatoms. The maximum absolute atomic E-state index is 11.1. The maximum atomic E-state index is 11.1. The fraction of sp³-hybridized carbons (Fsp3) is 0.154. The van der Waals surface area contributed by atoms with Crippen molar-refractivity contribution in [2.45, 2.75) is 6.92 Å². The van der Waals surface area contributed by atoms with E-state index in [0.717, 1.165) is 16.9 Å². The molecule has 1 aromatic carbocycles. The molecule has 1 aromatic rings. The number of carbonyl (C=O) groups excluding carboxylic acids is 1. The average Bonchev–Trinajstić information content (AvgIpc) is 2.68. The Morgan fingerprint density at radius 2 is 2.07 bits per heavy atom. The minimum Gasteiger partial charge on any atom is -0.489 e. The zero-order valence-corrected chi connectivity index (χ0v) is 8.57. The largest absolute Gasteiger partial charge is 0.489 e. The number of ketones is 1. The van der Waals surface area contributed by atoms with E-state index in [0.29, 0.717) is 6.61 Å². The van der Waals surface area contributed by atoms with Gasteiger partial charge in [0.05, 0.1) is 0 Å². The quantitative estimate of drug-likeness (QED) is 0.733. The number of hydrogen-bond donors (Lipinski definition) is 0. The zero-order chi connectivity index (χ0) is 10.7. The molecule has 2 nitrogen and oxygen atoms in total. The van der Waals surface area contributed by atoms with Crippen molar-refractivity contribution in [1.82, 2.24) is 0 Å². The summed E-state index contributed by atoms with van der Waals surface area (Å²) >= 11 is 0. The fourth-order valence-electron chi connectivity index (χ4n) is 1.42. The Morgan fingerprint density at radius 3 is 2.67 bits per heavy atom. The zero-order valence-electron chi connectivity index (χ0n) is 8.57. The summed E-state index contributed by atoms with van der Waals surface area (Å²) in [6, 6.07) is 9.90. The number of rotatable bonds is 2. The van der Waals surface area contributed by atoms with Crippen LogP contribution in [0.1, 0.15) is 12.5 Å². The minimum absolute atomic E-state index is 0.0754. The van der Waals surface area contributed by atoms with Crippen molar-refractivity contribution in [2.75, 3.05) is 6.61 Å². The molecule has 1 heterocycles. The lowest BCUT2D eigenvalue weighted by Crippen LogP contribution is -1.97. The highest BCUT2D eigenvalue weighted by molar-refractivity contribution is 5.94.